The predicted octanol–water partition coefficient (Wildman–Crippen LogP) is 4.93. The zero-order valence-electron chi connectivity index (χ0n) is 12.7. The molecule has 0 spiro atoms. The Kier molecular flexibility index (Phi) is 6.89. The molecule has 132 valence electrons. The number of nitrogens with zero attached hydrogens (tertiary/aromatic N) is 2. The van der Waals surface area contributed by atoms with Gasteiger partial charge in [-0.3, -0.25) is 0 Å². The highest BCUT2D eigenvalue weighted by atomic mass is 79.9. The molecular weight excluding hydrogens is 419 g/mol. The largest absolute Gasteiger partial charge is 0.573 e. The second-order valence-electron chi connectivity index (χ2n) is 4.69. The highest BCUT2D eigenvalue weighted by Gasteiger charge is 2.31. The number of halogens is 4. The lowest BCUT2D eigenvalue weighted by Gasteiger charge is -2.09. The maximum Gasteiger partial charge on any atom is 0.573 e. The average Bonchev–Trinajstić information content (AvgIpc) is 2.54. The van der Waals surface area contributed by atoms with Crippen molar-refractivity contribution >= 4 is 39.1 Å². The van der Waals surface area contributed by atoms with Gasteiger partial charge in [0.15, 0.2) is 5.17 Å². The van der Waals surface area contributed by atoms with Crippen molar-refractivity contribution in [2.75, 3.05) is 0 Å². The molecule has 0 aromatic heterocycles. The zero-order valence-corrected chi connectivity index (χ0v) is 15.1. The minimum absolute atomic E-state index is 0.285. The van der Waals surface area contributed by atoms with Crippen molar-refractivity contribution in [3.63, 3.8) is 0 Å². The van der Waals surface area contributed by atoms with Crippen molar-refractivity contribution in [2.24, 2.45) is 15.9 Å². The normalized spacial score (nSPS) is 12.6. The smallest absolute Gasteiger partial charge is 0.406 e. The van der Waals surface area contributed by atoms with E-state index in [4.69, 9.17) is 5.73 Å². The Labute approximate surface area is 155 Å². The topological polar surface area (TPSA) is 60.0 Å². The second kappa shape index (κ2) is 8.91. The summed E-state index contributed by atoms with van der Waals surface area (Å²) in [6.45, 7) is 0. The molecule has 9 heteroatoms. The Morgan fingerprint density at radius 1 is 1.20 bits per heavy atom. The molecule has 0 fully saturated rings. The van der Waals surface area contributed by atoms with E-state index in [0.717, 1.165) is 5.56 Å². The molecule has 0 heterocycles. The molecule has 25 heavy (non-hydrogen) atoms. The molecule has 0 aliphatic heterocycles. The van der Waals surface area contributed by atoms with E-state index in [0.29, 0.717) is 15.8 Å². The van der Waals surface area contributed by atoms with E-state index in [1.807, 2.05) is 30.3 Å². The van der Waals surface area contributed by atoms with Crippen LogP contribution in [0.25, 0.3) is 0 Å². The van der Waals surface area contributed by atoms with Gasteiger partial charge in [0.1, 0.15) is 5.75 Å². The third-order valence-electron chi connectivity index (χ3n) is 2.79. The average molecular weight is 432 g/mol. The second-order valence-corrected chi connectivity index (χ2v) is 6.54. The maximum absolute atomic E-state index is 12.2. The molecular formula is C16H13BrF3N3OS. The molecule has 0 saturated carbocycles. The van der Waals surface area contributed by atoms with Crippen molar-refractivity contribution in [3.05, 3.63) is 64.1 Å². The van der Waals surface area contributed by atoms with Gasteiger partial charge in [0.25, 0.3) is 0 Å². The van der Waals surface area contributed by atoms with Gasteiger partial charge in [-0.05, 0) is 39.7 Å². The fourth-order valence-corrected chi connectivity index (χ4v) is 2.79. The van der Waals surface area contributed by atoms with Gasteiger partial charge >= 0.3 is 6.36 Å². The molecule has 0 unspecified atom stereocenters. The van der Waals surface area contributed by atoms with Gasteiger partial charge in [0, 0.05) is 15.8 Å². The molecule has 4 nitrogen and oxygen atoms in total. The predicted molar refractivity (Wildman–Crippen MR) is 97.8 cm³/mol. The Balaban J connectivity index is 1.94. The standard InChI is InChI=1S/C16H13BrF3N3OS/c17-14-8-13(24-16(18,19)20)7-6-12(14)9-22-23-15(21)25-10-11-4-2-1-3-5-11/h1-9H,10H2,(H2,21,23). The highest BCUT2D eigenvalue weighted by Crippen LogP contribution is 2.27. The van der Waals surface area contributed by atoms with Gasteiger partial charge in [-0.25, -0.2) is 0 Å². The number of ether oxygens (including phenoxy) is 1. The summed E-state index contributed by atoms with van der Waals surface area (Å²) in [4.78, 5) is 0. The van der Waals surface area contributed by atoms with Gasteiger partial charge in [0.2, 0.25) is 0 Å². The van der Waals surface area contributed by atoms with Crippen LogP contribution in [0.2, 0.25) is 0 Å². The molecule has 0 bridgehead atoms. The Bertz CT molecular complexity index is 767. The molecule has 0 aliphatic rings. The number of thioether (sulfide) groups is 1. The van der Waals surface area contributed by atoms with E-state index in [2.05, 4.69) is 30.9 Å². The van der Waals surface area contributed by atoms with E-state index in [9.17, 15) is 13.2 Å². The Hall–Kier alpha value is -2.00. The molecule has 2 rings (SSSR count). The SMILES string of the molecule is NC(=NN=Cc1ccc(OC(F)(F)F)cc1Br)SCc1ccccc1. The van der Waals surface area contributed by atoms with E-state index in [1.54, 1.807) is 0 Å². The van der Waals surface area contributed by atoms with Crippen LogP contribution < -0.4 is 10.5 Å². The number of amidine groups is 1. The molecule has 2 N–H and O–H groups in total. The Morgan fingerprint density at radius 3 is 2.56 bits per heavy atom. The first kappa shape index (κ1) is 19.3. The van der Waals surface area contributed by atoms with Crippen LogP contribution >= 0.6 is 27.7 Å². The highest BCUT2D eigenvalue weighted by molar-refractivity contribution is 9.10. The summed E-state index contributed by atoms with van der Waals surface area (Å²) in [5.41, 5.74) is 7.41. The lowest BCUT2D eigenvalue weighted by atomic mass is 10.2. The monoisotopic (exact) mass is 431 g/mol. The summed E-state index contributed by atoms with van der Waals surface area (Å²) in [7, 11) is 0. The summed E-state index contributed by atoms with van der Waals surface area (Å²) in [6, 6.07) is 13.6. The lowest BCUT2D eigenvalue weighted by Crippen LogP contribution is -2.17. The summed E-state index contributed by atoms with van der Waals surface area (Å²) in [5.74, 6) is 0.344. The van der Waals surface area contributed by atoms with E-state index < -0.39 is 6.36 Å². The molecule has 2 aromatic carbocycles. The van der Waals surface area contributed by atoms with Crippen LogP contribution in [-0.4, -0.2) is 17.7 Å². The molecule has 0 amide bonds. The van der Waals surface area contributed by atoms with Crippen molar-refractivity contribution in [3.8, 4) is 5.75 Å². The van der Waals surface area contributed by atoms with Gasteiger partial charge < -0.3 is 10.5 Å². The van der Waals surface area contributed by atoms with Crippen LogP contribution in [0.5, 0.6) is 5.75 Å². The first-order valence-electron chi connectivity index (χ1n) is 6.92. The summed E-state index contributed by atoms with van der Waals surface area (Å²) in [5, 5.41) is 7.98. The molecule has 2 aromatic rings. The van der Waals surface area contributed by atoms with E-state index >= 15 is 0 Å². The summed E-state index contributed by atoms with van der Waals surface area (Å²) >= 11 is 4.49. The maximum atomic E-state index is 12.2. The fraction of sp³-hybridized carbons (Fsp3) is 0.125. The third kappa shape index (κ3) is 7.18. The van der Waals surface area contributed by atoms with Crippen LogP contribution in [-0.2, 0) is 5.75 Å². The van der Waals surface area contributed by atoms with Crippen LogP contribution in [0.3, 0.4) is 0 Å². The Morgan fingerprint density at radius 2 is 1.92 bits per heavy atom. The van der Waals surface area contributed by atoms with Crippen molar-refractivity contribution in [1.29, 1.82) is 0 Å². The van der Waals surface area contributed by atoms with Crippen LogP contribution in [0.4, 0.5) is 13.2 Å². The fourth-order valence-electron chi connectivity index (χ4n) is 1.72. The van der Waals surface area contributed by atoms with Crippen molar-refractivity contribution in [1.82, 2.24) is 0 Å². The van der Waals surface area contributed by atoms with E-state index in [1.165, 1.54) is 36.2 Å². The zero-order chi connectivity index (χ0) is 18.3. The minimum atomic E-state index is -4.73. The summed E-state index contributed by atoms with van der Waals surface area (Å²) in [6.07, 6.45) is -3.35. The molecule has 0 radical (unpaired) electrons. The quantitative estimate of drug-likeness (QED) is 0.414. The van der Waals surface area contributed by atoms with Crippen LogP contribution in [0.15, 0.2) is 63.2 Å². The number of nitrogens with two attached hydrogens (primary N) is 1. The van der Waals surface area contributed by atoms with Crippen molar-refractivity contribution < 1.29 is 17.9 Å². The number of benzene rings is 2. The van der Waals surface area contributed by atoms with E-state index in [-0.39, 0.29) is 10.9 Å². The lowest BCUT2D eigenvalue weighted by molar-refractivity contribution is -0.274. The number of hydrogen-bond donors (Lipinski definition) is 1. The summed E-state index contributed by atoms with van der Waals surface area (Å²) < 4.78 is 40.7. The number of rotatable bonds is 5. The van der Waals surface area contributed by atoms with Crippen molar-refractivity contribution in [2.45, 2.75) is 12.1 Å². The first-order chi connectivity index (χ1) is 11.8. The molecule has 0 atom stereocenters. The van der Waals surface area contributed by atoms with Gasteiger partial charge in [-0.1, -0.05) is 42.1 Å². The van der Waals surface area contributed by atoms with Crippen LogP contribution in [0, 0.1) is 0 Å². The molecule has 0 aliphatic carbocycles. The third-order valence-corrected chi connectivity index (χ3v) is 4.33. The van der Waals surface area contributed by atoms with Crippen LogP contribution in [0.1, 0.15) is 11.1 Å². The minimum Gasteiger partial charge on any atom is -0.406 e. The molecule has 0 saturated heterocycles. The first-order valence-corrected chi connectivity index (χ1v) is 8.70. The number of alkyl halides is 3. The van der Waals surface area contributed by atoms with Gasteiger partial charge in [-0.15, -0.1) is 18.3 Å². The van der Waals surface area contributed by atoms with Gasteiger partial charge in [-0.2, -0.15) is 5.10 Å². The van der Waals surface area contributed by atoms with Gasteiger partial charge in [0.05, 0.1) is 6.21 Å². The number of hydrogen-bond acceptors (Lipinski definition) is 4.